The maximum Gasteiger partial charge on any atom is 0.375 e. The Labute approximate surface area is 138 Å². The van der Waals surface area contributed by atoms with E-state index in [2.05, 4.69) is 5.32 Å². The number of rotatable bonds is 4. The molecule has 6 nitrogen and oxygen atoms in total. The Bertz CT molecular complexity index is 820. The van der Waals surface area contributed by atoms with E-state index in [1.165, 1.54) is 6.92 Å². The summed E-state index contributed by atoms with van der Waals surface area (Å²) in [7, 11) is 0. The molecule has 126 valence electrons. The highest BCUT2D eigenvalue weighted by atomic mass is 16.6. The van der Waals surface area contributed by atoms with Gasteiger partial charge in [-0.05, 0) is 31.9 Å². The van der Waals surface area contributed by atoms with Gasteiger partial charge in [0.1, 0.15) is 5.58 Å². The molecule has 6 heteroatoms. The molecule has 1 amide bonds. The van der Waals surface area contributed by atoms with Gasteiger partial charge in [-0.15, -0.1) is 0 Å². The van der Waals surface area contributed by atoms with Gasteiger partial charge in [0.15, 0.2) is 11.5 Å². The lowest BCUT2D eigenvalue weighted by molar-refractivity contribution is -0.129. The minimum atomic E-state index is -0.949. The Hall–Kier alpha value is -2.63. The summed E-state index contributed by atoms with van der Waals surface area (Å²) in [6.45, 7) is 1.50. The minimum absolute atomic E-state index is 0.150. The molecule has 1 fully saturated rings. The Balaban J connectivity index is 1.70. The van der Waals surface area contributed by atoms with E-state index in [-0.39, 0.29) is 23.1 Å². The molecule has 0 radical (unpaired) electrons. The number of amides is 1. The van der Waals surface area contributed by atoms with Crippen LogP contribution in [0.5, 0.6) is 0 Å². The molecule has 0 unspecified atom stereocenters. The lowest BCUT2D eigenvalue weighted by Gasteiger charge is -2.16. The summed E-state index contributed by atoms with van der Waals surface area (Å²) >= 11 is 0. The van der Waals surface area contributed by atoms with E-state index in [0.717, 1.165) is 31.7 Å². The summed E-state index contributed by atoms with van der Waals surface area (Å²) in [5, 5.41) is 3.26. The molecular weight excluding hydrogens is 310 g/mol. The number of hydrogen-bond donors (Lipinski definition) is 1. The third kappa shape index (κ3) is 3.48. The molecule has 3 rings (SSSR count). The van der Waals surface area contributed by atoms with Crippen LogP contribution in [0.1, 0.15) is 43.2 Å². The highest BCUT2D eigenvalue weighted by molar-refractivity contribution is 5.91. The van der Waals surface area contributed by atoms with Crippen LogP contribution in [0.15, 0.2) is 39.5 Å². The van der Waals surface area contributed by atoms with Crippen LogP contribution in [0.2, 0.25) is 0 Å². The molecule has 1 saturated carbocycles. The highest BCUT2D eigenvalue weighted by Gasteiger charge is 2.24. The second-order valence-electron chi connectivity index (χ2n) is 6.01. The van der Waals surface area contributed by atoms with E-state index in [0.29, 0.717) is 11.0 Å². The third-order valence-corrected chi connectivity index (χ3v) is 4.19. The molecule has 0 saturated heterocycles. The topological polar surface area (TPSA) is 85.6 Å². The van der Waals surface area contributed by atoms with Gasteiger partial charge < -0.3 is 14.5 Å². The molecule has 2 aromatic rings. The largest absolute Gasteiger partial charge is 0.449 e. The SMILES string of the molecule is C[C@@H](OC(=O)c1cc(=O)c2ccccc2o1)C(=O)NC1CCCC1. The molecule has 0 bridgehead atoms. The number of carbonyl (C=O) groups is 2. The third-order valence-electron chi connectivity index (χ3n) is 4.19. The van der Waals surface area contributed by atoms with Crippen LogP contribution in [0.3, 0.4) is 0 Å². The van der Waals surface area contributed by atoms with Crippen LogP contribution in [0.4, 0.5) is 0 Å². The van der Waals surface area contributed by atoms with E-state index in [4.69, 9.17) is 9.15 Å². The van der Waals surface area contributed by atoms with E-state index < -0.39 is 12.1 Å². The normalized spacial score (nSPS) is 16.0. The number of ether oxygens (including phenoxy) is 1. The molecular formula is C18H19NO5. The monoisotopic (exact) mass is 329 g/mol. The van der Waals surface area contributed by atoms with Gasteiger partial charge in [0, 0.05) is 12.1 Å². The zero-order valence-electron chi connectivity index (χ0n) is 13.4. The second-order valence-corrected chi connectivity index (χ2v) is 6.01. The van der Waals surface area contributed by atoms with Crippen LogP contribution in [0.25, 0.3) is 11.0 Å². The quantitative estimate of drug-likeness (QED) is 0.871. The fraction of sp³-hybridized carbons (Fsp3) is 0.389. The predicted molar refractivity (Wildman–Crippen MR) is 87.8 cm³/mol. The van der Waals surface area contributed by atoms with Gasteiger partial charge in [-0.2, -0.15) is 0 Å². The van der Waals surface area contributed by atoms with Crippen molar-refractivity contribution >= 4 is 22.8 Å². The zero-order valence-corrected chi connectivity index (χ0v) is 13.4. The van der Waals surface area contributed by atoms with Gasteiger partial charge in [-0.25, -0.2) is 4.79 Å². The average molecular weight is 329 g/mol. The smallest absolute Gasteiger partial charge is 0.375 e. The Morgan fingerprint density at radius 2 is 1.96 bits per heavy atom. The summed E-state index contributed by atoms with van der Waals surface area (Å²) in [4.78, 5) is 36.2. The number of carbonyl (C=O) groups excluding carboxylic acids is 2. The van der Waals surface area contributed by atoms with E-state index >= 15 is 0 Å². The van der Waals surface area contributed by atoms with E-state index in [1.807, 2.05) is 0 Å². The first-order valence-electron chi connectivity index (χ1n) is 8.09. The molecule has 1 heterocycles. The summed E-state index contributed by atoms with van der Waals surface area (Å²) in [6.07, 6.45) is 3.15. The fourth-order valence-corrected chi connectivity index (χ4v) is 2.87. The van der Waals surface area contributed by atoms with E-state index in [9.17, 15) is 14.4 Å². The summed E-state index contributed by atoms with van der Waals surface area (Å²) in [5.74, 6) is -1.37. The van der Waals surface area contributed by atoms with Crippen molar-refractivity contribution < 1.29 is 18.7 Å². The van der Waals surface area contributed by atoms with Crippen molar-refractivity contribution in [2.45, 2.75) is 44.8 Å². The number of esters is 1. The predicted octanol–water partition coefficient (Wildman–Crippen LogP) is 2.40. The molecule has 1 aliphatic rings. The first-order valence-corrected chi connectivity index (χ1v) is 8.09. The van der Waals surface area contributed by atoms with Crippen molar-refractivity contribution in [2.75, 3.05) is 0 Å². The molecule has 24 heavy (non-hydrogen) atoms. The number of nitrogens with one attached hydrogen (secondary N) is 1. The Kier molecular flexibility index (Phi) is 4.64. The number of benzene rings is 1. The van der Waals surface area contributed by atoms with Crippen molar-refractivity contribution in [2.24, 2.45) is 0 Å². The fourth-order valence-electron chi connectivity index (χ4n) is 2.87. The molecule has 1 aromatic carbocycles. The second kappa shape index (κ2) is 6.86. The lowest BCUT2D eigenvalue weighted by atomic mass is 10.2. The van der Waals surface area contributed by atoms with Gasteiger partial charge >= 0.3 is 5.97 Å². The maximum atomic E-state index is 12.2. The molecule has 1 aliphatic carbocycles. The van der Waals surface area contributed by atoms with Crippen molar-refractivity contribution in [3.05, 3.63) is 46.3 Å². The number of fused-ring (bicyclic) bond motifs is 1. The van der Waals surface area contributed by atoms with Crippen molar-refractivity contribution in [1.29, 1.82) is 0 Å². The molecule has 1 N–H and O–H groups in total. The summed E-state index contributed by atoms with van der Waals surface area (Å²) < 4.78 is 10.5. The van der Waals surface area contributed by atoms with Gasteiger partial charge in [-0.3, -0.25) is 9.59 Å². The summed E-state index contributed by atoms with van der Waals surface area (Å²) in [5.41, 5.74) is -0.0214. The first kappa shape index (κ1) is 16.2. The molecule has 0 spiro atoms. The van der Waals surface area contributed by atoms with Gasteiger partial charge in [-0.1, -0.05) is 25.0 Å². The lowest BCUT2D eigenvalue weighted by Crippen LogP contribution is -2.40. The van der Waals surface area contributed by atoms with Crippen LogP contribution >= 0.6 is 0 Å². The average Bonchev–Trinajstić information content (AvgIpc) is 3.07. The zero-order chi connectivity index (χ0) is 17.1. The van der Waals surface area contributed by atoms with Crippen LogP contribution in [0, 0.1) is 0 Å². The van der Waals surface area contributed by atoms with Crippen LogP contribution in [-0.2, 0) is 9.53 Å². The van der Waals surface area contributed by atoms with Crippen molar-refractivity contribution in [3.63, 3.8) is 0 Å². The van der Waals surface area contributed by atoms with Gasteiger partial charge in [0.25, 0.3) is 5.91 Å². The number of para-hydroxylation sites is 1. The van der Waals surface area contributed by atoms with Gasteiger partial charge in [0.2, 0.25) is 5.76 Å². The molecule has 1 atom stereocenters. The Morgan fingerprint density at radius 1 is 1.25 bits per heavy atom. The Morgan fingerprint density at radius 3 is 2.71 bits per heavy atom. The van der Waals surface area contributed by atoms with Crippen molar-refractivity contribution in [3.8, 4) is 0 Å². The van der Waals surface area contributed by atoms with E-state index in [1.54, 1.807) is 24.3 Å². The maximum absolute atomic E-state index is 12.2. The van der Waals surface area contributed by atoms with Crippen LogP contribution < -0.4 is 10.7 Å². The molecule has 0 aliphatic heterocycles. The van der Waals surface area contributed by atoms with Crippen molar-refractivity contribution in [1.82, 2.24) is 5.32 Å². The number of hydrogen-bond acceptors (Lipinski definition) is 5. The van der Waals surface area contributed by atoms with Crippen LogP contribution in [-0.4, -0.2) is 24.0 Å². The minimum Gasteiger partial charge on any atom is -0.449 e. The first-order chi connectivity index (χ1) is 11.5. The summed E-state index contributed by atoms with van der Waals surface area (Å²) in [6, 6.07) is 7.88. The standard InChI is InChI=1S/C18H19NO5/c1-11(17(21)19-12-6-2-3-7-12)23-18(22)16-10-14(20)13-8-4-5-9-15(13)24-16/h4-5,8-12H,2-3,6-7H2,1H3,(H,19,21)/t11-/m1/s1. The molecule has 1 aromatic heterocycles. The highest BCUT2D eigenvalue weighted by Crippen LogP contribution is 2.18. The van der Waals surface area contributed by atoms with Gasteiger partial charge in [0.05, 0.1) is 5.39 Å².